The van der Waals surface area contributed by atoms with Gasteiger partial charge in [0.25, 0.3) is 0 Å². The highest BCUT2D eigenvalue weighted by Gasteiger charge is 2.25. The molecule has 0 spiro atoms. The van der Waals surface area contributed by atoms with E-state index >= 15 is 0 Å². The molecule has 0 aromatic carbocycles. The summed E-state index contributed by atoms with van der Waals surface area (Å²) < 4.78 is 27.0. The van der Waals surface area contributed by atoms with Gasteiger partial charge in [0.05, 0.1) is 0 Å². The zero-order chi connectivity index (χ0) is 13.8. The van der Waals surface area contributed by atoms with Crippen molar-refractivity contribution < 1.29 is 8.42 Å². The Bertz CT molecular complexity index is 501. The molecular formula is C11H18BrN3O2S. The van der Waals surface area contributed by atoms with Gasteiger partial charge in [-0.25, -0.2) is 13.4 Å². The Morgan fingerprint density at radius 1 is 1.33 bits per heavy atom. The predicted molar refractivity (Wildman–Crippen MR) is 76.2 cm³/mol. The normalized spacial score (nSPS) is 11.8. The summed E-state index contributed by atoms with van der Waals surface area (Å²) >= 11 is 3.26. The van der Waals surface area contributed by atoms with Crippen LogP contribution in [0.2, 0.25) is 0 Å². The van der Waals surface area contributed by atoms with E-state index in [9.17, 15) is 8.42 Å². The van der Waals surface area contributed by atoms with Crippen LogP contribution in [-0.2, 0) is 10.0 Å². The number of halogens is 1. The van der Waals surface area contributed by atoms with Crippen molar-refractivity contribution in [3.05, 3.63) is 16.7 Å². The Hall–Kier alpha value is -0.660. The van der Waals surface area contributed by atoms with Crippen LogP contribution in [0.25, 0.3) is 0 Å². The van der Waals surface area contributed by atoms with Gasteiger partial charge in [-0.1, -0.05) is 13.8 Å². The number of rotatable bonds is 6. The predicted octanol–water partition coefficient (Wildman–Crippen LogP) is 2.31. The molecule has 5 nitrogen and oxygen atoms in total. The van der Waals surface area contributed by atoms with Crippen molar-refractivity contribution in [2.24, 2.45) is 0 Å². The molecule has 0 aliphatic rings. The molecule has 0 saturated carbocycles. The van der Waals surface area contributed by atoms with Gasteiger partial charge in [0, 0.05) is 30.3 Å². The summed E-state index contributed by atoms with van der Waals surface area (Å²) in [6.07, 6.45) is 1.58. The number of anilines is 1. The number of nitrogens with one attached hydrogen (secondary N) is 1. The van der Waals surface area contributed by atoms with E-state index in [-0.39, 0.29) is 4.90 Å². The third kappa shape index (κ3) is 3.21. The second kappa shape index (κ2) is 6.49. The average Bonchev–Trinajstić information content (AvgIpc) is 2.33. The van der Waals surface area contributed by atoms with Crippen LogP contribution < -0.4 is 5.32 Å². The Morgan fingerprint density at radius 2 is 1.94 bits per heavy atom. The highest BCUT2D eigenvalue weighted by Crippen LogP contribution is 2.25. The van der Waals surface area contributed by atoms with Crippen LogP contribution in [0, 0.1) is 0 Å². The molecule has 0 aliphatic heterocycles. The number of hydrogen-bond acceptors (Lipinski definition) is 4. The zero-order valence-electron chi connectivity index (χ0n) is 10.8. The van der Waals surface area contributed by atoms with Crippen LogP contribution in [0.5, 0.6) is 0 Å². The summed E-state index contributed by atoms with van der Waals surface area (Å²) in [5.41, 5.74) is 0. The van der Waals surface area contributed by atoms with Gasteiger partial charge in [0.1, 0.15) is 10.7 Å². The van der Waals surface area contributed by atoms with Crippen LogP contribution in [0.3, 0.4) is 0 Å². The maximum atomic E-state index is 12.5. The van der Waals surface area contributed by atoms with Crippen molar-refractivity contribution in [2.45, 2.75) is 25.7 Å². The molecule has 1 N–H and O–H groups in total. The van der Waals surface area contributed by atoms with Gasteiger partial charge < -0.3 is 5.32 Å². The Kier molecular flexibility index (Phi) is 5.55. The van der Waals surface area contributed by atoms with E-state index in [0.717, 1.165) is 0 Å². The fourth-order valence-corrected chi connectivity index (χ4v) is 3.71. The van der Waals surface area contributed by atoms with Crippen LogP contribution in [0.4, 0.5) is 5.82 Å². The monoisotopic (exact) mass is 335 g/mol. The summed E-state index contributed by atoms with van der Waals surface area (Å²) in [6.45, 7) is 7.04. The van der Waals surface area contributed by atoms with E-state index < -0.39 is 10.0 Å². The summed E-state index contributed by atoms with van der Waals surface area (Å²) in [4.78, 5) is 4.33. The quantitative estimate of drug-likeness (QED) is 0.866. The zero-order valence-corrected chi connectivity index (χ0v) is 13.2. The molecule has 1 aromatic heterocycles. The Morgan fingerprint density at radius 3 is 2.44 bits per heavy atom. The lowest BCUT2D eigenvalue weighted by Gasteiger charge is -2.20. The third-order valence-electron chi connectivity index (χ3n) is 2.49. The van der Waals surface area contributed by atoms with Crippen molar-refractivity contribution in [3.63, 3.8) is 0 Å². The molecule has 7 heteroatoms. The summed E-state index contributed by atoms with van der Waals surface area (Å²) in [5.74, 6) is 0.396. The molecule has 0 unspecified atom stereocenters. The van der Waals surface area contributed by atoms with Crippen LogP contribution in [-0.4, -0.2) is 37.3 Å². The van der Waals surface area contributed by atoms with E-state index in [0.29, 0.717) is 29.9 Å². The lowest BCUT2D eigenvalue weighted by molar-refractivity contribution is 0.445. The lowest BCUT2D eigenvalue weighted by atomic mass is 10.4. The second-order valence-electron chi connectivity index (χ2n) is 3.62. The number of pyridine rings is 1. The SMILES string of the molecule is CCNc1ncc(Br)cc1S(=O)(=O)N(CC)CC. The fraction of sp³-hybridized carbons (Fsp3) is 0.545. The molecule has 1 aromatic rings. The lowest BCUT2D eigenvalue weighted by Crippen LogP contribution is -2.31. The standard InChI is InChI=1S/C11H18BrN3O2S/c1-4-13-11-10(7-9(12)8-14-11)18(16,17)15(5-2)6-3/h7-8H,4-6H2,1-3H3,(H,13,14). The largest absolute Gasteiger partial charge is 0.369 e. The topological polar surface area (TPSA) is 62.3 Å². The van der Waals surface area contributed by atoms with E-state index in [1.807, 2.05) is 20.8 Å². The molecule has 0 aliphatic carbocycles. The molecule has 0 atom stereocenters. The van der Waals surface area contributed by atoms with Crippen LogP contribution in [0.1, 0.15) is 20.8 Å². The Balaban J connectivity index is 3.33. The summed E-state index contributed by atoms with van der Waals surface area (Å²) in [7, 11) is -3.50. The second-order valence-corrected chi connectivity index (χ2v) is 6.44. The van der Waals surface area contributed by atoms with Crippen molar-refractivity contribution >= 4 is 31.8 Å². The average molecular weight is 336 g/mol. The molecule has 0 saturated heterocycles. The number of sulfonamides is 1. The van der Waals surface area contributed by atoms with Crippen molar-refractivity contribution in [3.8, 4) is 0 Å². The summed E-state index contributed by atoms with van der Waals surface area (Å²) in [6, 6.07) is 1.58. The first-order valence-electron chi connectivity index (χ1n) is 5.86. The first-order chi connectivity index (χ1) is 8.47. The molecule has 0 bridgehead atoms. The van der Waals surface area contributed by atoms with E-state index in [1.165, 1.54) is 4.31 Å². The van der Waals surface area contributed by atoms with Crippen molar-refractivity contribution in [1.82, 2.24) is 9.29 Å². The number of hydrogen-bond donors (Lipinski definition) is 1. The van der Waals surface area contributed by atoms with Crippen molar-refractivity contribution in [1.29, 1.82) is 0 Å². The molecule has 0 fully saturated rings. The van der Waals surface area contributed by atoms with Gasteiger partial charge in [-0.3, -0.25) is 0 Å². The molecular weight excluding hydrogens is 318 g/mol. The van der Waals surface area contributed by atoms with Gasteiger partial charge >= 0.3 is 0 Å². The molecule has 1 rings (SSSR count). The minimum Gasteiger partial charge on any atom is -0.369 e. The highest BCUT2D eigenvalue weighted by molar-refractivity contribution is 9.10. The smallest absolute Gasteiger partial charge is 0.246 e. The van der Waals surface area contributed by atoms with Gasteiger partial charge in [-0.2, -0.15) is 4.31 Å². The van der Waals surface area contributed by atoms with E-state index in [4.69, 9.17) is 0 Å². The minimum atomic E-state index is -3.50. The minimum absolute atomic E-state index is 0.211. The summed E-state index contributed by atoms with van der Waals surface area (Å²) in [5, 5.41) is 2.97. The van der Waals surface area contributed by atoms with Gasteiger partial charge in [0.2, 0.25) is 10.0 Å². The van der Waals surface area contributed by atoms with Gasteiger partial charge in [-0.15, -0.1) is 0 Å². The Labute approximate surface area is 117 Å². The van der Waals surface area contributed by atoms with Crippen LogP contribution in [0.15, 0.2) is 21.6 Å². The van der Waals surface area contributed by atoms with E-state index in [2.05, 4.69) is 26.2 Å². The number of nitrogens with zero attached hydrogens (tertiary/aromatic N) is 2. The molecule has 102 valence electrons. The van der Waals surface area contributed by atoms with Gasteiger partial charge in [-0.05, 0) is 28.9 Å². The molecule has 0 amide bonds. The third-order valence-corrected chi connectivity index (χ3v) is 4.98. The van der Waals surface area contributed by atoms with Crippen LogP contribution >= 0.6 is 15.9 Å². The molecule has 1 heterocycles. The van der Waals surface area contributed by atoms with Crippen molar-refractivity contribution in [2.75, 3.05) is 25.0 Å². The highest BCUT2D eigenvalue weighted by atomic mass is 79.9. The number of aromatic nitrogens is 1. The molecule has 18 heavy (non-hydrogen) atoms. The molecule has 0 radical (unpaired) electrons. The van der Waals surface area contributed by atoms with Gasteiger partial charge in [0.15, 0.2) is 0 Å². The fourth-order valence-electron chi connectivity index (χ4n) is 1.62. The first kappa shape index (κ1) is 15.4. The van der Waals surface area contributed by atoms with E-state index in [1.54, 1.807) is 12.3 Å². The maximum absolute atomic E-state index is 12.5. The first-order valence-corrected chi connectivity index (χ1v) is 8.10. The maximum Gasteiger partial charge on any atom is 0.246 e.